The monoisotopic (exact) mass is 249 g/mol. The lowest BCUT2D eigenvalue weighted by Crippen LogP contribution is -2.10. The fourth-order valence-corrected chi connectivity index (χ4v) is 0.972. The standard InChI is InChI=1S/C6H8IN3/c1-10(2)6-3-5(7)8-4-9-6/h3-4H,1-2H3. The zero-order valence-corrected chi connectivity index (χ0v) is 8.03. The van der Waals surface area contributed by atoms with Crippen LogP contribution in [0.3, 0.4) is 0 Å². The summed E-state index contributed by atoms with van der Waals surface area (Å²) in [5.41, 5.74) is 0. The predicted molar refractivity (Wildman–Crippen MR) is 49.1 cm³/mol. The number of aromatic nitrogens is 2. The molecule has 0 radical (unpaired) electrons. The van der Waals surface area contributed by atoms with Gasteiger partial charge in [0.15, 0.2) is 0 Å². The van der Waals surface area contributed by atoms with Gasteiger partial charge < -0.3 is 4.90 Å². The number of nitrogens with zero attached hydrogens (tertiary/aromatic N) is 3. The molecule has 1 rings (SSSR count). The molecule has 0 N–H and O–H groups in total. The van der Waals surface area contributed by atoms with Crippen LogP contribution >= 0.6 is 22.6 Å². The van der Waals surface area contributed by atoms with E-state index in [9.17, 15) is 0 Å². The van der Waals surface area contributed by atoms with Crippen molar-refractivity contribution in [1.82, 2.24) is 9.97 Å². The highest BCUT2D eigenvalue weighted by Gasteiger charge is 1.95. The van der Waals surface area contributed by atoms with Crippen molar-refractivity contribution < 1.29 is 0 Å². The second-order valence-electron chi connectivity index (χ2n) is 2.09. The van der Waals surface area contributed by atoms with Crippen molar-refractivity contribution in [2.24, 2.45) is 0 Å². The first-order valence-electron chi connectivity index (χ1n) is 2.85. The van der Waals surface area contributed by atoms with Crippen LogP contribution in [0.1, 0.15) is 0 Å². The maximum atomic E-state index is 4.05. The van der Waals surface area contributed by atoms with Crippen LogP contribution in [-0.4, -0.2) is 24.1 Å². The zero-order valence-electron chi connectivity index (χ0n) is 5.87. The van der Waals surface area contributed by atoms with E-state index in [-0.39, 0.29) is 0 Å². The molecular weight excluding hydrogens is 241 g/mol. The van der Waals surface area contributed by atoms with Crippen LogP contribution < -0.4 is 4.90 Å². The Balaban J connectivity index is 2.96. The molecule has 0 aliphatic heterocycles. The molecule has 0 aliphatic carbocycles. The van der Waals surface area contributed by atoms with Crippen LogP contribution in [0.25, 0.3) is 0 Å². The minimum atomic E-state index is 0.944. The van der Waals surface area contributed by atoms with Gasteiger partial charge in [-0.2, -0.15) is 0 Å². The van der Waals surface area contributed by atoms with Gasteiger partial charge in [0.2, 0.25) is 0 Å². The van der Waals surface area contributed by atoms with E-state index in [1.165, 1.54) is 0 Å². The summed E-state index contributed by atoms with van der Waals surface area (Å²) in [5, 5.41) is 0. The number of hydrogen-bond acceptors (Lipinski definition) is 3. The van der Waals surface area contributed by atoms with Crippen LogP contribution in [-0.2, 0) is 0 Å². The van der Waals surface area contributed by atoms with Gasteiger partial charge in [0.25, 0.3) is 0 Å². The van der Waals surface area contributed by atoms with E-state index < -0.39 is 0 Å². The lowest BCUT2D eigenvalue weighted by molar-refractivity contribution is 1.03. The second kappa shape index (κ2) is 3.14. The quantitative estimate of drug-likeness (QED) is 0.552. The van der Waals surface area contributed by atoms with Crippen molar-refractivity contribution in [3.05, 3.63) is 16.1 Å². The summed E-state index contributed by atoms with van der Waals surface area (Å²) in [6, 6.07) is 1.93. The van der Waals surface area contributed by atoms with Crippen molar-refractivity contribution >= 4 is 28.4 Å². The fourth-order valence-electron chi connectivity index (χ4n) is 0.569. The highest BCUT2D eigenvalue weighted by Crippen LogP contribution is 2.07. The Bertz CT molecular complexity index is 224. The van der Waals surface area contributed by atoms with E-state index in [1.54, 1.807) is 6.33 Å². The Morgan fingerprint density at radius 2 is 2.10 bits per heavy atom. The van der Waals surface area contributed by atoms with Crippen LogP contribution in [0.15, 0.2) is 12.4 Å². The first kappa shape index (κ1) is 7.71. The molecule has 0 unspecified atom stereocenters. The molecule has 1 heterocycles. The molecular formula is C6H8IN3. The maximum absolute atomic E-state index is 4.05. The van der Waals surface area contributed by atoms with Gasteiger partial charge in [-0.25, -0.2) is 9.97 Å². The Kier molecular flexibility index (Phi) is 2.42. The topological polar surface area (TPSA) is 29.0 Å². The molecule has 1 aromatic rings. The van der Waals surface area contributed by atoms with Crippen molar-refractivity contribution in [3.8, 4) is 0 Å². The van der Waals surface area contributed by atoms with Crippen LogP contribution in [0.5, 0.6) is 0 Å². The summed E-state index contributed by atoms with van der Waals surface area (Å²) in [7, 11) is 3.91. The summed E-state index contributed by atoms with van der Waals surface area (Å²) in [5.74, 6) is 0.944. The van der Waals surface area contributed by atoms with Gasteiger partial charge in [0.05, 0.1) is 0 Å². The summed E-state index contributed by atoms with van der Waals surface area (Å²) in [6.07, 6.45) is 1.57. The predicted octanol–water partition coefficient (Wildman–Crippen LogP) is 1.15. The van der Waals surface area contributed by atoms with Gasteiger partial charge in [-0.3, -0.25) is 0 Å². The highest BCUT2D eigenvalue weighted by atomic mass is 127. The molecule has 0 fully saturated rings. The van der Waals surface area contributed by atoms with Crippen molar-refractivity contribution in [1.29, 1.82) is 0 Å². The number of rotatable bonds is 1. The Hall–Kier alpha value is -0.390. The molecule has 0 aromatic carbocycles. The molecule has 0 saturated carbocycles. The average Bonchev–Trinajstić information content (AvgIpc) is 1.88. The Morgan fingerprint density at radius 1 is 1.40 bits per heavy atom. The third-order valence-corrected chi connectivity index (χ3v) is 1.67. The number of halogens is 1. The van der Waals surface area contributed by atoms with E-state index >= 15 is 0 Å². The van der Waals surface area contributed by atoms with E-state index in [0.717, 1.165) is 9.52 Å². The van der Waals surface area contributed by atoms with Gasteiger partial charge in [-0.1, -0.05) is 0 Å². The molecule has 1 aromatic heterocycles. The van der Waals surface area contributed by atoms with Crippen molar-refractivity contribution in [2.75, 3.05) is 19.0 Å². The van der Waals surface area contributed by atoms with Crippen molar-refractivity contribution in [3.63, 3.8) is 0 Å². The van der Waals surface area contributed by atoms with Crippen LogP contribution in [0, 0.1) is 3.70 Å². The second-order valence-corrected chi connectivity index (χ2v) is 3.20. The van der Waals surface area contributed by atoms with Crippen molar-refractivity contribution in [2.45, 2.75) is 0 Å². The molecule has 0 bridgehead atoms. The lowest BCUT2D eigenvalue weighted by atomic mass is 10.5. The van der Waals surface area contributed by atoms with Gasteiger partial charge in [-0.15, -0.1) is 0 Å². The van der Waals surface area contributed by atoms with Gasteiger partial charge in [0.1, 0.15) is 15.8 Å². The van der Waals surface area contributed by atoms with E-state index in [2.05, 4.69) is 32.6 Å². The SMILES string of the molecule is CN(C)c1cc(I)ncn1. The smallest absolute Gasteiger partial charge is 0.132 e. The molecule has 0 atom stereocenters. The molecule has 3 nitrogen and oxygen atoms in total. The lowest BCUT2D eigenvalue weighted by Gasteiger charge is -2.09. The minimum Gasteiger partial charge on any atom is -0.363 e. The normalized spacial score (nSPS) is 9.50. The first-order valence-corrected chi connectivity index (χ1v) is 3.93. The Morgan fingerprint density at radius 3 is 2.50 bits per heavy atom. The molecule has 0 amide bonds. The number of hydrogen-bond donors (Lipinski definition) is 0. The maximum Gasteiger partial charge on any atom is 0.132 e. The minimum absolute atomic E-state index is 0.944. The zero-order chi connectivity index (χ0) is 7.56. The Labute approximate surface area is 73.6 Å². The summed E-state index contributed by atoms with van der Waals surface area (Å²) in [4.78, 5) is 9.97. The van der Waals surface area contributed by atoms with Crippen LogP contribution in [0.4, 0.5) is 5.82 Å². The first-order chi connectivity index (χ1) is 4.70. The highest BCUT2D eigenvalue weighted by molar-refractivity contribution is 14.1. The van der Waals surface area contributed by atoms with Gasteiger partial charge in [0, 0.05) is 20.2 Å². The average molecular weight is 249 g/mol. The molecule has 54 valence electrons. The summed E-state index contributed by atoms with van der Waals surface area (Å²) < 4.78 is 0.969. The molecule has 4 heteroatoms. The molecule has 0 spiro atoms. The number of anilines is 1. The third kappa shape index (κ3) is 1.80. The summed E-state index contributed by atoms with van der Waals surface area (Å²) in [6.45, 7) is 0. The van der Waals surface area contributed by atoms with Gasteiger partial charge in [-0.05, 0) is 22.6 Å². The molecule has 0 aliphatic rings. The fraction of sp³-hybridized carbons (Fsp3) is 0.333. The van der Waals surface area contributed by atoms with E-state index in [4.69, 9.17) is 0 Å². The van der Waals surface area contributed by atoms with E-state index in [0.29, 0.717) is 0 Å². The molecule has 0 saturated heterocycles. The van der Waals surface area contributed by atoms with Gasteiger partial charge >= 0.3 is 0 Å². The largest absolute Gasteiger partial charge is 0.363 e. The summed E-state index contributed by atoms with van der Waals surface area (Å²) >= 11 is 2.16. The third-order valence-electron chi connectivity index (χ3n) is 1.08. The van der Waals surface area contributed by atoms with E-state index in [1.807, 2.05) is 25.1 Å². The molecule has 10 heavy (non-hydrogen) atoms. The van der Waals surface area contributed by atoms with Crippen LogP contribution in [0.2, 0.25) is 0 Å².